The number of aliphatic hydroxyl groups excluding tert-OH is 1. The van der Waals surface area contributed by atoms with Gasteiger partial charge in [-0.3, -0.25) is 0 Å². The van der Waals surface area contributed by atoms with Crippen LogP contribution in [0.4, 0.5) is 0 Å². The number of aliphatic hydroxyl groups is 1. The molecule has 4 rings (SSSR count). The first-order valence-corrected chi connectivity index (χ1v) is 7.89. The molecule has 1 aliphatic rings. The Morgan fingerprint density at radius 1 is 1.04 bits per heavy atom. The Kier molecular flexibility index (Phi) is 3.46. The van der Waals surface area contributed by atoms with Gasteiger partial charge in [0.15, 0.2) is 0 Å². The van der Waals surface area contributed by atoms with Gasteiger partial charge in [0, 0.05) is 11.5 Å². The third-order valence-corrected chi connectivity index (χ3v) is 4.49. The van der Waals surface area contributed by atoms with E-state index in [1.807, 2.05) is 24.3 Å². The molecule has 1 aromatic heterocycles. The summed E-state index contributed by atoms with van der Waals surface area (Å²) in [7, 11) is 0. The number of hydrogen-bond acceptors (Lipinski definition) is 4. The zero-order chi connectivity index (χ0) is 15.8. The largest absolute Gasteiger partial charge is 0.389 e. The van der Waals surface area contributed by atoms with Gasteiger partial charge < -0.3 is 9.63 Å². The van der Waals surface area contributed by atoms with Crippen molar-refractivity contribution in [2.45, 2.75) is 31.8 Å². The van der Waals surface area contributed by atoms with Crippen LogP contribution in [0.15, 0.2) is 53.1 Å². The Morgan fingerprint density at radius 3 is 2.30 bits per heavy atom. The van der Waals surface area contributed by atoms with Crippen molar-refractivity contribution < 1.29 is 9.63 Å². The third-order valence-electron chi connectivity index (χ3n) is 4.49. The average Bonchev–Trinajstić information content (AvgIpc) is 3.21. The van der Waals surface area contributed by atoms with E-state index < -0.39 is 6.10 Å². The monoisotopic (exact) mass is 306 g/mol. The van der Waals surface area contributed by atoms with Gasteiger partial charge in [-0.2, -0.15) is 4.98 Å². The van der Waals surface area contributed by atoms with Gasteiger partial charge in [0.2, 0.25) is 11.7 Å². The molecule has 0 bridgehead atoms. The molecular formula is C19H18N2O2. The molecule has 0 fully saturated rings. The van der Waals surface area contributed by atoms with Gasteiger partial charge in [0.05, 0.1) is 6.10 Å². The Morgan fingerprint density at radius 2 is 1.70 bits per heavy atom. The molecule has 0 saturated carbocycles. The molecule has 3 aromatic rings. The van der Waals surface area contributed by atoms with Crippen LogP contribution in [0.1, 0.15) is 41.5 Å². The van der Waals surface area contributed by atoms with Crippen molar-refractivity contribution >= 4 is 0 Å². The maximum atomic E-state index is 9.57. The van der Waals surface area contributed by atoms with Crippen molar-refractivity contribution in [3.63, 3.8) is 0 Å². The fourth-order valence-electron chi connectivity index (χ4n) is 3.16. The SMILES string of the molecule is C[C@@H](O)c1ccc(-c2noc(C3Cc4ccccc4C3)n2)cc1. The second-order valence-corrected chi connectivity index (χ2v) is 6.13. The number of aromatic nitrogens is 2. The molecule has 0 saturated heterocycles. The Labute approximate surface area is 134 Å². The summed E-state index contributed by atoms with van der Waals surface area (Å²) in [5.41, 5.74) is 4.53. The summed E-state index contributed by atoms with van der Waals surface area (Å²) in [6.45, 7) is 1.75. The van der Waals surface area contributed by atoms with Crippen LogP contribution in [0, 0.1) is 0 Å². The minimum atomic E-state index is -0.470. The molecule has 1 N–H and O–H groups in total. The van der Waals surface area contributed by atoms with Crippen molar-refractivity contribution in [2.24, 2.45) is 0 Å². The molecule has 4 nitrogen and oxygen atoms in total. The highest BCUT2D eigenvalue weighted by Crippen LogP contribution is 2.33. The summed E-state index contributed by atoms with van der Waals surface area (Å²) < 4.78 is 5.50. The summed E-state index contributed by atoms with van der Waals surface area (Å²) in [5, 5.41) is 13.7. The van der Waals surface area contributed by atoms with Gasteiger partial charge in [0.1, 0.15) is 0 Å². The first-order valence-electron chi connectivity index (χ1n) is 7.89. The van der Waals surface area contributed by atoms with Crippen molar-refractivity contribution in [1.29, 1.82) is 0 Å². The van der Waals surface area contributed by atoms with Gasteiger partial charge in [-0.25, -0.2) is 0 Å². The maximum Gasteiger partial charge on any atom is 0.230 e. The lowest BCUT2D eigenvalue weighted by molar-refractivity contribution is 0.199. The Hall–Kier alpha value is -2.46. The van der Waals surface area contributed by atoms with Gasteiger partial charge in [-0.05, 0) is 36.5 Å². The second-order valence-electron chi connectivity index (χ2n) is 6.13. The van der Waals surface area contributed by atoms with Crippen molar-refractivity contribution in [1.82, 2.24) is 10.1 Å². The van der Waals surface area contributed by atoms with Crippen LogP contribution in [0.2, 0.25) is 0 Å². The zero-order valence-corrected chi connectivity index (χ0v) is 12.9. The number of hydrogen-bond donors (Lipinski definition) is 1. The summed E-state index contributed by atoms with van der Waals surface area (Å²) in [5.74, 6) is 1.58. The maximum absolute atomic E-state index is 9.57. The number of rotatable bonds is 3. The van der Waals surface area contributed by atoms with E-state index in [4.69, 9.17) is 4.52 Å². The van der Waals surface area contributed by atoms with Crippen LogP contribution in [0.25, 0.3) is 11.4 Å². The minimum Gasteiger partial charge on any atom is -0.389 e. The van der Waals surface area contributed by atoms with Crippen molar-refractivity contribution in [2.75, 3.05) is 0 Å². The smallest absolute Gasteiger partial charge is 0.230 e. The van der Waals surface area contributed by atoms with E-state index >= 15 is 0 Å². The Bertz CT molecular complexity index is 796. The molecule has 2 aromatic carbocycles. The summed E-state index contributed by atoms with van der Waals surface area (Å²) in [4.78, 5) is 4.58. The summed E-state index contributed by atoms with van der Waals surface area (Å²) in [6.07, 6.45) is 1.44. The van der Waals surface area contributed by atoms with Gasteiger partial charge in [-0.15, -0.1) is 0 Å². The average molecular weight is 306 g/mol. The third kappa shape index (κ3) is 2.66. The molecule has 0 spiro atoms. The predicted molar refractivity (Wildman–Crippen MR) is 87.0 cm³/mol. The highest BCUT2D eigenvalue weighted by Gasteiger charge is 2.27. The molecule has 0 radical (unpaired) electrons. The van der Waals surface area contributed by atoms with E-state index in [1.165, 1.54) is 11.1 Å². The van der Waals surface area contributed by atoms with Gasteiger partial charge in [-0.1, -0.05) is 53.7 Å². The topological polar surface area (TPSA) is 59.2 Å². The van der Waals surface area contributed by atoms with Gasteiger partial charge in [0.25, 0.3) is 0 Å². The molecule has 1 heterocycles. The van der Waals surface area contributed by atoms with Gasteiger partial charge >= 0.3 is 0 Å². The van der Waals surface area contributed by atoms with E-state index in [0.717, 1.165) is 24.0 Å². The predicted octanol–water partition coefficient (Wildman–Crippen LogP) is 3.67. The second kappa shape index (κ2) is 5.63. The van der Waals surface area contributed by atoms with Crippen LogP contribution in [0.3, 0.4) is 0 Å². The zero-order valence-electron chi connectivity index (χ0n) is 12.9. The van der Waals surface area contributed by atoms with E-state index in [0.29, 0.717) is 11.7 Å². The van der Waals surface area contributed by atoms with E-state index in [9.17, 15) is 5.11 Å². The number of nitrogens with zero attached hydrogens (tertiary/aromatic N) is 2. The first-order chi connectivity index (χ1) is 11.2. The number of fused-ring (bicyclic) bond motifs is 1. The fourth-order valence-corrected chi connectivity index (χ4v) is 3.16. The molecular weight excluding hydrogens is 288 g/mol. The van der Waals surface area contributed by atoms with E-state index in [1.54, 1.807) is 6.92 Å². The molecule has 23 heavy (non-hydrogen) atoms. The molecule has 116 valence electrons. The lowest BCUT2D eigenvalue weighted by Crippen LogP contribution is -1.98. The molecule has 0 amide bonds. The molecule has 4 heteroatoms. The first kappa shape index (κ1) is 14.2. The van der Waals surface area contributed by atoms with Crippen LogP contribution in [-0.2, 0) is 12.8 Å². The quantitative estimate of drug-likeness (QED) is 0.802. The normalized spacial score (nSPS) is 15.6. The highest BCUT2D eigenvalue weighted by atomic mass is 16.5. The van der Waals surface area contributed by atoms with E-state index in [2.05, 4.69) is 34.4 Å². The summed E-state index contributed by atoms with van der Waals surface area (Å²) in [6, 6.07) is 16.1. The van der Waals surface area contributed by atoms with Crippen molar-refractivity contribution in [3.05, 3.63) is 71.1 Å². The van der Waals surface area contributed by atoms with Crippen LogP contribution in [0.5, 0.6) is 0 Å². The molecule has 0 unspecified atom stereocenters. The summed E-state index contributed by atoms with van der Waals surface area (Å²) >= 11 is 0. The highest BCUT2D eigenvalue weighted by molar-refractivity contribution is 5.55. The van der Waals surface area contributed by atoms with Crippen LogP contribution in [-0.4, -0.2) is 15.2 Å². The molecule has 1 atom stereocenters. The van der Waals surface area contributed by atoms with Crippen LogP contribution >= 0.6 is 0 Å². The fraction of sp³-hybridized carbons (Fsp3) is 0.263. The van der Waals surface area contributed by atoms with Crippen molar-refractivity contribution in [3.8, 4) is 11.4 Å². The lowest BCUT2D eigenvalue weighted by Gasteiger charge is -2.04. The molecule has 0 aliphatic heterocycles. The standard InChI is InChI=1S/C19H18N2O2/c1-12(22)13-6-8-14(9-7-13)18-20-19(23-21-18)17-10-15-4-2-3-5-16(15)11-17/h2-9,12,17,22H,10-11H2,1H3/t12-/m1/s1. The lowest BCUT2D eigenvalue weighted by atomic mass is 10.1. The van der Waals surface area contributed by atoms with Crippen LogP contribution < -0.4 is 0 Å². The minimum absolute atomic E-state index is 0.269. The molecule has 1 aliphatic carbocycles. The van der Waals surface area contributed by atoms with E-state index in [-0.39, 0.29) is 5.92 Å². The Balaban J connectivity index is 1.56. The number of benzene rings is 2.